The van der Waals surface area contributed by atoms with Crippen molar-refractivity contribution in [1.82, 2.24) is 5.32 Å². The number of anilines is 1. The Hall–Kier alpha value is -3.65. The average Bonchev–Trinajstić information content (AvgIpc) is 3.38. The number of alkyl carbamates (subject to hydrolysis) is 1. The normalized spacial score (nSPS) is 11.9. The van der Waals surface area contributed by atoms with Gasteiger partial charge in [-0.2, -0.15) is 0 Å². The molecule has 0 aliphatic rings. The van der Waals surface area contributed by atoms with Gasteiger partial charge in [-0.05, 0) is 51.5 Å². The summed E-state index contributed by atoms with van der Waals surface area (Å²) in [7, 11) is 1.64. The lowest BCUT2D eigenvalue weighted by atomic mass is 10.1. The van der Waals surface area contributed by atoms with Crippen LogP contribution in [0.2, 0.25) is 0 Å². The first-order valence-electron chi connectivity index (χ1n) is 25.3. The molecule has 0 aromatic heterocycles. The second-order valence-corrected chi connectivity index (χ2v) is 16.3. The standard InChI is InChI=1S/C51H88N2O21/c1-6-45-7-9-46(10-8-45)52-49(55)47(53-50(56)74-51(2,3)4)11-12-48(54)73-44-43-72-42-41-71-40-39-70-38-37-69-36-35-68-34-33-67-32-31-66-30-29-65-28-27-64-26-25-63-24-23-62-22-21-61-20-19-60-18-17-59-16-15-58-14-13-57-5/h1,7-10,47H,11-44H2,2-5H3,(H,52,55)(H,53,56)/t47-/m0/s1. The van der Waals surface area contributed by atoms with Gasteiger partial charge in [-0.15, -0.1) is 6.42 Å². The summed E-state index contributed by atoms with van der Waals surface area (Å²) >= 11 is 0. The summed E-state index contributed by atoms with van der Waals surface area (Å²) in [4.78, 5) is 37.8. The molecule has 0 bridgehead atoms. The van der Waals surface area contributed by atoms with Crippen molar-refractivity contribution in [3.8, 4) is 12.3 Å². The number of terminal acetylenes is 1. The molecule has 0 radical (unpaired) electrons. The van der Waals surface area contributed by atoms with Gasteiger partial charge in [0.1, 0.15) is 18.2 Å². The van der Waals surface area contributed by atoms with Crippen LogP contribution in [0, 0.1) is 12.3 Å². The summed E-state index contributed by atoms with van der Waals surface area (Å²) in [6, 6.07) is 5.57. The molecule has 0 heterocycles. The number of hydrogen-bond donors (Lipinski definition) is 2. The summed E-state index contributed by atoms with van der Waals surface area (Å²) in [6.45, 7) is 19.4. The third-order valence-corrected chi connectivity index (χ3v) is 9.09. The first kappa shape index (κ1) is 68.4. The number of carbonyl (C=O) groups is 3. The minimum atomic E-state index is -1.06. The Morgan fingerprint density at radius 1 is 0.459 bits per heavy atom. The van der Waals surface area contributed by atoms with Crippen molar-refractivity contribution in [2.45, 2.75) is 45.3 Å². The van der Waals surface area contributed by atoms with Crippen LogP contribution in [0.25, 0.3) is 0 Å². The molecule has 23 heteroatoms. The zero-order chi connectivity index (χ0) is 53.7. The predicted octanol–water partition coefficient (Wildman–Crippen LogP) is 2.72. The summed E-state index contributed by atoms with van der Waals surface area (Å²) in [5.74, 6) is 1.43. The molecule has 0 saturated carbocycles. The van der Waals surface area contributed by atoms with E-state index in [1.54, 1.807) is 52.1 Å². The number of esters is 1. The molecule has 0 aliphatic heterocycles. The molecule has 1 rings (SSSR count). The van der Waals surface area contributed by atoms with Crippen LogP contribution in [0.5, 0.6) is 0 Å². The summed E-state index contributed by atoms with van der Waals surface area (Å²) < 4.78 is 97.5. The quantitative estimate of drug-likeness (QED) is 0.0542. The number of nitrogens with one attached hydrogen (secondary N) is 2. The Morgan fingerprint density at radius 2 is 0.743 bits per heavy atom. The lowest BCUT2D eigenvalue weighted by molar-refractivity contribution is -0.145. The molecule has 428 valence electrons. The van der Waals surface area contributed by atoms with Crippen molar-refractivity contribution in [3.05, 3.63) is 29.8 Å². The van der Waals surface area contributed by atoms with Gasteiger partial charge in [0.05, 0.1) is 205 Å². The van der Waals surface area contributed by atoms with E-state index in [2.05, 4.69) is 16.6 Å². The first-order chi connectivity index (χ1) is 36.1. The van der Waals surface area contributed by atoms with Crippen molar-refractivity contribution in [1.29, 1.82) is 0 Å². The van der Waals surface area contributed by atoms with E-state index in [0.717, 1.165) is 0 Å². The Kier molecular flexibility index (Phi) is 47.5. The maximum absolute atomic E-state index is 13.0. The SMILES string of the molecule is C#Cc1ccc(NC(=O)[C@H](CCC(=O)OCCOCCOCCOCCOCCOCCOCCOCCOCCOCCOCCOCCOCCOCCOCCOCCOC)NC(=O)OC(C)(C)C)cc1. The third-order valence-electron chi connectivity index (χ3n) is 9.09. The second-order valence-electron chi connectivity index (χ2n) is 16.3. The molecule has 2 amide bonds. The Labute approximate surface area is 438 Å². The van der Waals surface area contributed by atoms with E-state index in [9.17, 15) is 14.4 Å². The molecular weight excluding hydrogens is 977 g/mol. The highest BCUT2D eigenvalue weighted by molar-refractivity contribution is 5.96. The largest absolute Gasteiger partial charge is 0.463 e. The van der Waals surface area contributed by atoms with Crippen molar-refractivity contribution < 1.29 is 99.6 Å². The minimum absolute atomic E-state index is 0.0166. The monoisotopic (exact) mass is 1060 g/mol. The fourth-order valence-corrected chi connectivity index (χ4v) is 5.47. The van der Waals surface area contributed by atoms with Gasteiger partial charge in [-0.1, -0.05) is 5.92 Å². The van der Waals surface area contributed by atoms with Gasteiger partial charge in [0, 0.05) is 24.8 Å². The van der Waals surface area contributed by atoms with Crippen LogP contribution < -0.4 is 10.6 Å². The molecule has 23 nitrogen and oxygen atoms in total. The van der Waals surface area contributed by atoms with Crippen LogP contribution in [0.3, 0.4) is 0 Å². The van der Waals surface area contributed by atoms with Gasteiger partial charge < -0.3 is 95.9 Å². The van der Waals surface area contributed by atoms with Crippen molar-refractivity contribution >= 4 is 23.7 Å². The van der Waals surface area contributed by atoms with Gasteiger partial charge in [0.2, 0.25) is 5.91 Å². The van der Waals surface area contributed by atoms with Gasteiger partial charge in [0.25, 0.3) is 0 Å². The molecule has 2 N–H and O–H groups in total. The number of amides is 2. The van der Waals surface area contributed by atoms with Crippen molar-refractivity contribution in [2.75, 3.05) is 224 Å². The molecule has 0 unspecified atom stereocenters. The van der Waals surface area contributed by atoms with E-state index in [1.165, 1.54) is 0 Å². The average molecular weight is 1070 g/mol. The topological polar surface area (TPSA) is 241 Å². The van der Waals surface area contributed by atoms with E-state index in [4.69, 9.17) is 91.7 Å². The number of rotatable bonds is 54. The van der Waals surface area contributed by atoms with Crippen LogP contribution in [0.4, 0.5) is 10.5 Å². The predicted molar refractivity (Wildman–Crippen MR) is 271 cm³/mol. The smallest absolute Gasteiger partial charge is 0.408 e. The fourth-order valence-electron chi connectivity index (χ4n) is 5.47. The van der Waals surface area contributed by atoms with Crippen LogP contribution in [-0.2, 0) is 94.9 Å². The number of ether oxygens (including phenoxy) is 18. The van der Waals surface area contributed by atoms with E-state index in [1.807, 2.05) is 0 Å². The summed E-state index contributed by atoms with van der Waals surface area (Å²) in [5.41, 5.74) is 0.353. The van der Waals surface area contributed by atoms with Gasteiger partial charge in [0.15, 0.2) is 0 Å². The van der Waals surface area contributed by atoms with Crippen LogP contribution in [0.15, 0.2) is 24.3 Å². The molecule has 0 aliphatic carbocycles. The molecular formula is C51H88N2O21. The molecule has 0 fully saturated rings. The van der Waals surface area contributed by atoms with Crippen LogP contribution in [0.1, 0.15) is 39.2 Å². The van der Waals surface area contributed by atoms with Crippen molar-refractivity contribution in [3.63, 3.8) is 0 Å². The van der Waals surface area contributed by atoms with Crippen LogP contribution >= 0.6 is 0 Å². The fraction of sp³-hybridized carbons (Fsp3) is 0.784. The third kappa shape index (κ3) is 48.0. The second kappa shape index (κ2) is 51.5. The number of methoxy groups -OCH3 is 1. The van der Waals surface area contributed by atoms with E-state index >= 15 is 0 Å². The Bertz CT molecular complexity index is 1480. The van der Waals surface area contributed by atoms with Crippen LogP contribution in [-0.4, -0.2) is 248 Å². The molecule has 1 atom stereocenters. The highest BCUT2D eigenvalue weighted by Crippen LogP contribution is 2.12. The highest BCUT2D eigenvalue weighted by Gasteiger charge is 2.25. The van der Waals surface area contributed by atoms with Gasteiger partial charge in [-0.25, -0.2) is 4.79 Å². The molecule has 1 aromatic carbocycles. The maximum atomic E-state index is 13.0. The first-order valence-corrected chi connectivity index (χ1v) is 25.3. The highest BCUT2D eigenvalue weighted by atomic mass is 16.6. The number of carbonyl (C=O) groups excluding carboxylic acids is 3. The van der Waals surface area contributed by atoms with E-state index in [0.29, 0.717) is 209 Å². The minimum Gasteiger partial charge on any atom is -0.463 e. The zero-order valence-corrected chi connectivity index (χ0v) is 44.6. The summed E-state index contributed by atoms with van der Waals surface area (Å²) in [5, 5.41) is 5.25. The van der Waals surface area contributed by atoms with E-state index in [-0.39, 0.29) is 26.1 Å². The van der Waals surface area contributed by atoms with Crippen molar-refractivity contribution in [2.24, 2.45) is 0 Å². The Balaban J connectivity index is 1.78. The number of hydrogen-bond acceptors (Lipinski definition) is 21. The van der Waals surface area contributed by atoms with Gasteiger partial charge in [-0.3, -0.25) is 9.59 Å². The lowest BCUT2D eigenvalue weighted by Gasteiger charge is -2.23. The maximum Gasteiger partial charge on any atom is 0.408 e. The molecule has 1 aromatic rings. The van der Waals surface area contributed by atoms with Gasteiger partial charge >= 0.3 is 12.1 Å². The van der Waals surface area contributed by atoms with E-state index < -0.39 is 29.6 Å². The zero-order valence-electron chi connectivity index (χ0n) is 44.6. The summed E-state index contributed by atoms with van der Waals surface area (Å²) in [6.07, 6.45) is 4.46. The molecule has 0 spiro atoms. The molecule has 74 heavy (non-hydrogen) atoms. The Morgan fingerprint density at radius 3 is 1.01 bits per heavy atom. The lowest BCUT2D eigenvalue weighted by Crippen LogP contribution is -2.46. The number of benzene rings is 1. The molecule has 0 saturated heterocycles.